The fraction of sp³-hybridized carbons (Fsp3) is 0.714. The topological polar surface area (TPSA) is 39.8 Å². The molecule has 1 rings (SSSR count). The van der Waals surface area contributed by atoms with E-state index in [1.54, 1.807) is 13.8 Å². The maximum absolute atomic E-state index is 12.3. The predicted molar refractivity (Wildman–Crippen MR) is 42.9 cm³/mol. The Hall–Kier alpha value is -1.20. The van der Waals surface area contributed by atoms with E-state index in [0.717, 1.165) is 4.68 Å². The van der Waals surface area contributed by atoms with Crippen LogP contribution in [0.1, 0.15) is 32.3 Å². The highest BCUT2D eigenvalue weighted by Gasteiger charge is 2.18. The number of rotatable bonds is 2. The zero-order valence-electron chi connectivity index (χ0n) is 7.66. The summed E-state index contributed by atoms with van der Waals surface area (Å²) >= 11 is 0. The maximum Gasteiger partial charge on any atom is 0.350 e. The first-order valence-corrected chi connectivity index (χ1v) is 3.91. The van der Waals surface area contributed by atoms with Gasteiger partial charge >= 0.3 is 12.2 Å². The second-order valence-electron chi connectivity index (χ2n) is 3.02. The van der Waals surface area contributed by atoms with Crippen molar-refractivity contribution in [3.8, 4) is 0 Å². The van der Waals surface area contributed by atoms with Gasteiger partial charge in [0.05, 0.1) is 6.04 Å². The molecule has 74 valence electrons. The highest BCUT2D eigenvalue weighted by Crippen LogP contribution is 2.09. The lowest BCUT2D eigenvalue weighted by atomic mass is 10.4. The monoisotopic (exact) mass is 191 g/mol. The first kappa shape index (κ1) is 9.88. The van der Waals surface area contributed by atoms with Gasteiger partial charge in [-0.3, -0.25) is 0 Å². The Morgan fingerprint density at radius 1 is 1.38 bits per heavy atom. The molecular weight excluding hydrogens is 180 g/mol. The molecule has 0 N–H and O–H groups in total. The molecule has 0 radical (unpaired) electrons. The van der Waals surface area contributed by atoms with Crippen molar-refractivity contribution in [1.82, 2.24) is 14.3 Å². The number of aryl methyl sites for hydroxylation is 1. The Bertz CT molecular complexity index is 353. The van der Waals surface area contributed by atoms with Crippen LogP contribution in [0.4, 0.5) is 8.78 Å². The van der Waals surface area contributed by atoms with Crippen LogP contribution in [-0.4, -0.2) is 14.3 Å². The predicted octanol–water partition coefficient (Wildman–Crippen LogP) is 1.33. The van der Waals surface area contributed by atoms with E-state index in [2.05, 4.69) is 5.10 Å². The van der Waals surface area contributed by atoms with Gasteiger partial charge in [-0.1, -0.05) is 0 Å². The van der Waals surface area contributed by atoms with Crippen LogP contribution in [0.25, 0.3) is 0 Å². The van der Waals surface area contributed by atoms with Gasteiger partial charge in [0, 0.05) is 0 Å². The van der Waals surface area contributed by atoms with E-state index in [4.69, 9.17) is 0 Å². The second-order valence-corrected chi connectivity index (χ2v) is 3.02. The van der Waals surface area contributed by atoms with E-state index in [-0.39, 0.29) is 11.9 Å². The highest BCUT2D eigenvalue weighted by molar-refractivity contribution is 4.84. The van der Waals surface area contributed by atoms with Crippen LogP contribution in [0, 0.1) is 6.92 Å². The molecule has 0 saturated carbocycles. The Kier molecular flexibility index (Phi) is 2.49. The zero-order chi connectivity index (χ0) is 10.2. The highest BCUT2D eigenvalue weighted by atomic mass is 19.3. The average Bonchev–Trinajstić information content (AvgIpc) is 2.26. The summed E-state index contributed by atoms with van der Waals surface area (Å²) in [4.78, 5) is 11.3. The first-order valence-electron chi connectivity index (χ1n) is 3.91. The van der Waals surface area contributed by atoms with Gasteiger partial charge in [0.25, 0.3) is 0 Å². The number of hydrogen-bond acceptors (Lipinski definition) is 2. The van der Waals surface area contributed by atoms with E-state index in [9.17, 15) is 13.6 Å². The van der Waals surface area contributed by atoms with Crippen LogP contribution < -0.4 is 5.69 Å². The lowest BCUT2D eigenvalue weighted by Gasteiger charge is -2.01. The molecular formula is C7H11F2N3O. The van der Waals surface area contributed by atoms with E-state index in [1.165, 1.54) is 6.92 Å². The summed E-state index contributed by atoms with van der Waals surface area (Å²) in [5, 5.41) is 3.72. The van der Waals surface area contributed by atoms with Gasteiger partial charge < -0.3 is 0 Å². The number of aromatic nitrogens is 3. The largest absolute Gasteiger partial charge is 0.350 e. The van der Waals surface area contributed by atoms with Gasteiger partial charge in [-0.05, 0) is 20.8 Å². The molecule has 1 heterocycles. The van der Waals surface area contributed by atoms with E-state index >= 15 is 0 Å². The zero-order valence-corrected chi connectivity index (χ0v) is 7.66. The third-order valence-corrected chi connectivity index (χ3v) is 1.69. The lowest BCUT2D eigenvalue weighted by Crippen LogP contribution is -2.26. The molecule has 0 fully saturated rings. The fourth-order valence-electron chi connectivity index (χ4n) is 1.06. The van der Waals surface area contributed by atoms with Crippen molar-refractivity contribution in [2.24, 2.45) is 0 Å². The summed E-state index contributed by atoms with van der Waals surface area (Å²) in [7, 11) is 0. The minimum absolute atomic E-state index is 0.0358. The molecule has 0 spiro atoms. The lowest BCUT2D eigenvalue weighted by molar-refractivity contribution is 0.0635. The third kappa shape index (κ3) is 1.61. The summed E-state index contributed by atoms with van der Waals surface area (Å²) in [5.74, 6) is 0.0358. The molecule has 0 aromatic carbocycles. The summed E-state index contributed by atoms with van der Waals surface area (Å²) in [5.41, 5.74) is -0.762. The van der Waals surface area contributed by atoms with Crippen LogP contribution in [0.5, 0.6) is 0 Å². The molecule has 0 bridgehead atoms. The molecule has 0 aliphatic carbocycles. The number of halogens is 2. The maximum atomic E-state index is 12.3. The quantitative estimate of drug-likeness (QED) is 0.707. The van der Waals surface area contributed by atoms with Crippen LogP contribution in [0.15, 0.2) is 4.79 Å². The smallest absolute Gasteiger partial charge is 0.246 e. The third-order valence-electron chi connectivity index (χ3n) is 1.69. The minimum Gasteiger partial charge on any atom is -0.246 e. The second kappa shape index (κ2) is 3.27. The van der Waals surface area contributed by atoms with Gasteiger partial charge in [0.1, 0.15) is 5.82 Å². The van der Waals surface area contributed by atoms with Crippen LogP contribution >= 0.6 is 0 Å². The standard InChI is InChI=1S/C7H11F2N3O/c1-4(2)12-7(13)11(6(8)9)5(3)10-12/h4,6H,1-3H3. The molecule has 1 aromatic rings. The van der Waals surface area contributed by atoms with E-state index < -0.39 is 12.2 Å². The Labute approximate surface area is 73.8 Å². The average molecular weight is 191 g/mol. The van der Waals surface area contributed by atoms with Crippen molar-refractivity contribution in [2.45, 2.75) is 33.4 Å². The summed E-state index contributed by atoms with van der Waals surface area (Å²) in [6.45, 7) is 1.99. The molecule has 0 atom stereocenters. The molecule has 0 amide bonds. The van der Waals surface area contributed by atoms with Crippen LogP contribution in [-0.2, 0) is 0 Å². The Morgan fingerprint density at radius 2 is 1.92 bits per heavy atom. The van der Waals surface area contributed by atoms with Crippen molar-refractivity contribution in [3.63, 3.8) is 0 Å². The van der Waals surface area contributed by atoms with Gasteiger partial charge in [-0.25, -0.2) is 14.0 Å². The first-order chi connectivity index (χ1) is 5.95. The molecule has 0 unspecified atom stereocenters. The molecule has 13 heavy (non-hydrogen) atoms. The molecule has 0 saturated heterocycles. The van der Waals surface area contributed by atoms with Crippen molar-refractivity contribution >= 4 is 0 Å². The van der Waals surface area contributed by atoms with E-state index in [1.807, 2.05) is 0 Å². The van der Waals surface area contributed by atoms with Gasteiger partial charge in [-0.2, -0.15) is 13.9 Å². The van der Waals surface area contributed by atoms with Crippen molar-refractivity contribution in [1.29, 1.82) is 0 Å². The molecule has 0 aliphatic heterocycles. The van der Waals surface area contributed by atoms with Crippen LogP contribution in [0.2, 0.25) is 0 Å². The van der Waals surface area contributed by atoms with Gasteiger partial charge in [-0.15, -0.1) is 0 Å². The molecule has 0 aliphatic rings. The van der Waals surface area contributed by atoms with Crippen molar-refractivity contribution < 1.29 is 8.78 Å². The molecule has 4 nitrogen and oxygen atoms in total. The fourth-order valence-corrected chi connectivity index (χ4v) is 1.06. The number of nitrogens with zero attached hydrogens (tertiary/aromatic N) is 3. The van der Waals surface area contributed by atoms with Crippen molar-refractivity contribution in [2.75, 3.05) is 0 Å². The SMILES string of the molecule is Cc1nn(C(C)C)c(=O)n1C(F)F. The summed E-state index contributed by atoms with van der Waals surface area (Å²) in [6.07, 6.45) is 0. The Balaban J connectivity index is 3.31. The number of hydrogen-bond donors (Lipinski definition) is 0. The van der Waals surface area contributed by atoms with Gasteiger partial charge in [0.2, 0.25) is 0 Å². The van der Waals surface area contributed by atoms with Crippen LogP contribution in [0.3, 0.4) is 0 Å². The molecule has 6 heteroatoms. The Morgan fingerprint density at radius 3 is 2.15 bits per heavy atom. The normalized spacial score (nSPS) is 11.6. The summed E-state index contributed by atoms with van der Waals surface area (Å²) < 4.78 is 26.0. The summed E-state index contributed by atoms with van der Waals surface area (Å²) in [6, 6.07) is -0.203. The number of alkyl halides is 2. The van der Waals surface area contributed by atoms with Gasteiger partial charge in [0.15, 0.2) is 0 Å². The minimum atomic E-state index is -2.82. The molecule has 1 aromatic heterocycles. The van der Waals surface area contributed by atoms with Crippen molar-refractivity contribution in [3.05, 3.63) is 16.3 Å². The van der Waals surface area contributed by atoms with E-state index in [0.29, 0.717) is 4.57 Å².